The Morgan fingerprint density at radius 2 is 2.26 bits per heavy atom. The lowest BCUT2D eigenvalue weighted by atomic mass is 10.0. The zero-order valence-electron chi connectivity index (χ0n) is 11.0. The van der Waals surface area contributed by atoms with Crippen molar-refractivity contribution in [1.29, 1.82) is 0 Å². The van der Waals surface area contributed by atoms with Gasteiger partial charge in [-0.2, -0.15) is 0 Å². The minimum Gasteiger partial charge on any atom is -0.465 e. The Morgan fingerprint density at radius 1 is 1.47 bits per heavy atom. The highest BCUT2D eigenvalue weighted by Gasteiger charge is 2.25. The van der Waals surface area contributed by atoms with Gasteiger partial charge < -0.3 is 15.5 Å². The van der Waals surface area contributed by atoms with Gasteiger partial charge in [-0.05, 0) is 13.3 Å². The monoisotopic (exact) mass is 263 g/mol. The number of nitrogens with zero attached hydrogens (tertiary/aromatic N) is 3. The number of hydrogen-bond donors (Lipinski definition) is 2. The van der Waals surface area contributed by atoms with E-state index in [-0.39, 0.29) is 5.97 Å². The standard InChI is InChI=1S/C12H17N5O2/c1-3-5-7(12(18)19-4-2)10-16-8-9(13)14-6-15-11(8)17-10/h6-7H,3-5H2,1-2H3,(H3,13,14,15,16,17). The molecule has 0 fully saturated rings. The molecule has 2 aromatic heterocycles. The van der Waals surface area contributed by atoms with Crippen LogP contribution in [0.4, 0.5) is 5.82 Å². The van der Waals surface area contributed by atoms with Gasteiger partial charge >= 0.3 is 5.97 Å². The molecular formula is C12H17N5O2. The quantitative estimate of drug-likeness (QED) is 0.789. The van der Waals surface area contributed by atoms with Crippen molar-refractivity contribution in [3.63, 3.8) is 0 Å². The minimum atomic E-state index is -0.418. The predicted octanol–water partition coefficient (Wildman–Crippen LogP) is 1.38. The molecule has 2 heterocycles. The first-order chi connectivity index (χ1) is 9.17. The summed E-state index contributed by atoms with van der Waals surface area (Å²) in [5.74, 6) is 0.152. The number of nitrogens with one attached hydrogen (secondary N) is 1. The topological polar surface area (TPSA) is 107 Å². The molecule has 0 aliphatic heterocycles. The molecule has 0 aliphatic rings. The van der Waals surface area contributed by atoms with Crippen molar-refractivity contribution in [1.82, 2.24) is 19.9 Å². The van der Waals surface area contributed by atoms with E-state index in [0.29, 0.717) is 35.8 Å². The summed E-state index contributed by atoms with van der Waals surface area (Å²) in [4.78, 5) is 27.2. The summed E-state index contributed by atoms with van der Waals surface area (Å²) in [7, 11) is 0. The number of carbonyl (C=O) groups is 1. The number of H-pyrrole nitrogens is 1. The van der Waals surface area contributed by atoms with Gasteiger partial charge in [0.1, 0.15) is 23.6 Å². The average Bonchev–Trinajstić information content (AvgIpc) is 2.81. The lowest BCUT2D eigenvalue weighted by Gasteiger charge is -2.11. The van der Waals surface area contributed by atoms with E-state index in [1.54, 1.807) is 6.92 Å². The molecule has 0 spiro atoms. The largest absolute Gasteiger partial charge is 0.465 e. The third-order valence-corrected chi connectivity index (χ3v) is 2.81. The molecule has 0 bridgehead atoms. The fraction of sp³-hybridized carbons (Fsp3) is 0.500. The number of aromatic amines is 1. The second-order valence-corrected chi connectivity index (χ2v) is 4.17. The van der Waals surface area contributed by atoms with Gasteiger partial charge in [0.2, 0.25) is 0 Å². The molecule has 0 aromatic carbocycles. The summed E-state index contributed by atoms with van der Waals surface area (Å²) < 4.78 is 5.07. The second-order valence-electron chi connectivity index (χ2n) is 4.17. The first kappa shape index (κ1) is 13.3. The van der Waals surface area contributed by atoms with Gasteiger partial charge in [0.15, 0.2) is 11.5 Å². The molecule has 7 nitrogen and oxygen atoms in total. The Balaban J connectivity index is 2.38. The van der Waals surface area contributed by atoms with Gasteiger partial charge in [0, 0.05) is 0 Å². The molecule has 3 N–H and O–H groups in total. The van der Waals surface area contributed by atoms with Crippen molar-refractivity contribution in [3.8, 4) is 0 Å². The number of anilines is 1. The maximum atomic E-state index is 11.9. The predicted molar refractivity (Wildman–Crippen MR) is 70.4 cm³/mol. The Hall–Kier alpha value is -2.18. The first-order valence-corrected chi connectivity index (χ1v) is 6.30. The number of hydrogen-bond acceptors (Lipinski definition) is 6. The highest BCUT2D eigenvalue weighted by atomic mass is 16.5. The zero-order valence-corrected chi connectivity index (χ0v) is 11.0. The number of ether oxygens (including phenoxy) is 1. The van der Waals surface area contributed by atoms with Crippen LogP contribution in [0.5, 0.6) is 0 Å². The number of aromatic nitrogens is 4. The van der Waals surface area contributed by atoms with Crippen LogP contribution in [0.15, 0.2) is 6.33 Å². The van der Waals surface area contributed by atoms with E-state index in [1.807, 2.05) is 6.92 Å². The van der Waals surface area contributed by atoms with E-state index in [4.69, 9.17) is 10.5 Å². The van der Waals surface area contributed by atoms with Crippen LogP contribution in [0.3, 0.4) is 0 Å². The van der Waals surface area contributed by atoms with E-state index in [0.717, 1.165) is 6.42 Å². The van der Waals surface area contributed by atoms with Crippen molar-refractivity contribution in [2.75, 3.05) is 12.3 Å². The van der Waals surface area contributed by atoms with Crippen molar-refractivity contribution >= 4 is 23.0 Å². The molecule has 102 valence electrons. The second kappa shape index (κ2) is 5.64. The van der Waals surface area contributed by atoms with Gasteiger partial charge in [-0.15, -0.1) is 0 Å². The van der Waals surface area contributed by atoms with Crippen molar-refractivity contribution in [3.05, 3.63) is 12.2 Å². The first-order valence-electron chi connectivity index (χ1n) is 6.30. The van der Waals surface area contributed by atoms with E-state index in [1.165, 1.54) is 6.33 Å². The van der Waals surface area contributed by atoms with Gasteiger partial charge in [0.05, 0.1) is 6.61 Å². The Bertz CT molecular complexity index is 581. The third kappa shape index (κ3) is 2.64. The van der Waals surface area contributed by atoms with Crippen LogP contribution in [-0.2, 0) is 9.53 Å². The maximum absolute atomic E-state index is 11.9. The number of carbonyl (C=O) groups excluding carboxylic acids is 1. The molecule has 7 heteroatoms. The van der Waals surface area contributed by atoms with Gasteiger partial charge in [-0.1, -0.05) is 13.3 Å². The summed E-state index contributed by atoms with van der Waals surface area (Å²) in [5, 5.41) is 0. The number of rotatable bonds is 5. The van der Waals surface area contributed by atoms with E-state index < -0.39 is 5.92 Å². The molecule has 2 aromatic rings. The van der Waals surface area contributed by atoms with E-state index in [9.17, 15) is 4.79 Å². The van der Waals surface area contributed by atoms with Gasteiger partial charge in [-0.25, -0.2) is 15.0 Å². The van der Waals surface area contributed by atoms with Crippen LogP contribution in [-0.4, -0.2) is 32.5 Å². The summed E-state index contributed by atoms with van der Waals surface area (Å²) >= 11 is 0. The third-order valence-electron chi connectivity index (χ3n) is 2.81. The van der Waals surface area contributed by atoms with Gasteiger partial charge in [0.25, 0.3) is 0 Å². The molecule has 0 saturated heterocycles. The van der Waals surface area contributed by atoms with Crippen LogP contribution in [0.25, 0.3) is 11.2 Å². The Kier molecular flexibility index (Phi) is 3.94. The van der Waals surface area contributed by atoms with Crippen LogP contribution >= 0.6 is 0 Å². The normalized spacial score (nSPS) is 12.5. The van der Waals surface area contributed by atoms with Crippen LogP contribution in [0.2, 0.25) is 0 Å². The number of nitrogen functional groups attached to an aromatic ring is 1. The summed E-state index contributed by atoms with van der Waals surface area (Å²) in [6.07, 6.45) is 2.86. The van der Waals surface area contributed by atoms with Crippen molar-refractivity contribution < 1.29 is 9.53 Å². The fourth-order valence-electron chi connectivity index (χ4n) is 1.93. The summed E-state index contributed by atoms with van der Waals surface area (Å²) in [5.41, 5.74) is 6.76. The van der Waals surface area contributed by atoms with E-state index >= 15 is 0 Å². The lowest BCUT2D eigenvalue weighted by molar-refractivity contribution is -0.145. The molecule has 0 saturated carbocycles. The van der Waals surface area contributed by atoms with Crippen molar-refractivity contribution in [2.45, 2.75) is 32.6 Å². The molecule has 1 unspecified atom stereocenters. The molecule has 19 heavy (non-hydrogen) atoms. The fourth-order valence-corrected chi connectivity index (χ4v) is 1.93. The highest BCUT2D eigenvalue weighted by Crippen LogP contribution is 2.23. The SMILES string of the molecule is CCCC(C(=O)OCC)c1nc2ncnc(N)c2[nH]1. The molecular weight excluding hydrogens is 246 g/mol. The van der Waals surface area contributed by atoms with Crippen molar-refractivity contribution in [2.24, 2.45) is 0 Å². The zero-order chi connectivity index (χ0) is 13.8. The molecule has 1 atom stereocenters. The lowest BCUT2D eigenvalue weighted by Crippen LogP contribution is -2.17. The van der Waals surface area contributed by atoms with Crippen LogP contribution < -0.4 is 5.73 Å². The summed E-state index contributed by atoms with van der Waals surface area (Å²) in [6.45, 7) is 4.13. The van der Waals surface area contributed by atoms with Crippen LogP contribution in [0, 0.1) is 0 Å². The smallest absolute Gasteiger partial charge is 0.316 e. The van der Waals surface area contributed by atoms with Crippen LogP contribution in [0.1, 0.15) is 38.4 Å². The Morgan fingerprint density at radius 3 is 2.89 bits per heavy atom. The maximum Gasteiger partial charge on any atom is 0.316 e. The summed E-state index contributed by atoms with van der Waals surface area (Å²) in [6, 6.07) is 0. The molecule has 0 radical (unpaired) electrons. The Labute approximate surface area is 110 Å². The molecule has 2 rings (SSSR count). The van der Waals surface area contributed by atoms with Gasteiger partial charge in [-0.3, -0.25) is 4.79 Å². The number of fused-ring (bicyclic) bond motifs is 1. The minimum absolute atomic E-state index is 0.282. The average molecular weight is 263 g/mol. The highest BCUT2D eigenvalue weighted by molar-refractivity contribution is 5.83. The van der Waals surface area contributed by atoms with E-state index in [2.05, 4.69) is 19.9 Å². The molecule has 0 aliphatic carbocycles. The number of nitrogens with two attached hydrogens (primary N) is 1. The number of esters is 1. The molecule has 0 amide bonds. The number of imidazole rings is 1.